The number of hydrogen-bond acceptors (Lipinski definition) is 15. The van der Waals surface area contributed by atoms with Crippen LogP contribution in [0, 0.1) is 0 Å². The number of hydrogen-bond donors (Lipinski definition) is 7. The lowest BCUT2D eigenvalue weighted by atomic mass is 10.2. The van der Waals surface area contributed by atoms with E-state index in [0.29, 0.717) is 12.8 Å². The van der Waals surface area contributed by atoms with Crippen LogP contribution in [0.4, 0.5) is 5.95 Å². The maximum absolute atomic E-state index is 12.2. The number of phosphoric acid groups is 4. The van der Waals surface area contributed by atoms with Crippen LogP contribution < -0.4 is 11.3 Å². The predicted octanol–water partition coefficient (Wildman–Crippen LogP) is 1.81. The molecule has 42 heavy (non-hydrogen) atoms. The van der Waals surface area contributed by atoms with Crippen molar-refractivity contribution in [1.29, 1.82) is 0 Å². The quantitative estimate of drug-likeness (QED) is 0.0922. The van der Waals surface area contributed by atoms with Crippen molar-refractivity contribution < 1.29 is 69.7 Å². The number of aromatic amines is 1. The minimum atomic E-state index is -5.96. The van der Waals surface area contributed by atoms with Gasteiger partial charge in [0.15, 0.2) is 11.2 Å². The number of rotatable bonds is 17. The Labute approximate surface area is 237 Å². The average Bonchev–Trinajstić information content (AvgIpc) is 3.40. The molecule has 1 saturated heterocycles. The molecule has 2 aromatic heterocycles. The first kappa shape index (κ1) is 35.1. The lowest BCUT2D eigenvalue weighted by Gasteiger charge is -2.21. The van der Waals surface area contributed by atoms with Crippen LogP contribution in [0.5, 0.6) is 0 Å². The second-order valence-electron chi connectivity index (χ2n) is 8.87. The summed E-state index contributed by atoms with van der Waals surface area (Å²) in [5.41, 5.74) is 4.85. The highest BCUT2D eigenvalue weighted by Gasteiger charge is 2.46. The molecule has 7 atom stereocenters. The molecule has 25 heteroatoms. The van der Waals surface area contributed by atoms with E-state index in [0.717, 1.165) is 19.3 Å². The van der Waals surface area contributed by atoms with Gasteiger partial charge < -0.3 is 35.2 Å². The fourth-order valence-electron chi connectivity index (χ4n) is 3.71. The lowest BCUT2D eigenvalue weighted by molar-refractivity contribution is -0.0423. The van der Waals surface area contributed by atoms with E-state index in [1.165, 1.54) is 10.9 Å². The number of unbranched alkanes of at least 4 members (excludes halogenated alkanes) is 4. The maximum atomic E-state index is 12.2. The summed E-state index contributed by atoms with van der Waals surface area (Å²) in [6.07, 6.45) is 1.00. The smallest absolute Gasteiger partial charge is 0.390 e. The first-order chi connectivity index (χ1) is 19.4. The summed E-state index contributed by atoms with van der Waals surface area (Å²) in [6.45, 7) is 0.714. The maximum Gasteiger partial charge on any atom is 0.490 e. The van der Waals surface area contributed by atoms with Gasteiger partial charge in [-0.05, 0) is 6.42 Å². The predicted molar refractivity (Wildman–Crippen MR) is 140 cm³/mol. The SMILES string of the molecule is CCCCCCCOP(=O)(O)OP(=O)(O)OP(=O)(O)OP(=O)(O)OC[C@H]1O[C@@H](n2cnc3c(=O)[nH]c(N)nc32)CC1O. The Morgan fingerprint density at radius 1 is 1.00 bits per heavy atom. The third kappa shape index (κ3) is 10.4. The minimum Gasteiger partial charge on any atom is -0.390 e. The van der Waals surface area contributed by atoms with Crippen molar-refractivity contribution in [2.75, 3.05) is 18.9 Å². The third-order valence-corrected chi connectivity index (χ3v) is 11.4. The summed E-state index contributed by atoms with van der Waals surface area (Å²) < 4.78 is 75.7. The Balaban J connectivity index is 1.53. The zero-order valence-electron chi connectivity index (χ0n) is 21.9. The largest absolute Gasteiger partial charge is 0.490 e. The molecule has 5 unspecified atom stereocenters. The van der Waals surface area contributed by atoms with Crippen LogP contribution in [0.1, 0.15) is 51.7 Å². The van der Waals surface area contributed by atoms with Crippen molar-refractivity contribution >= 4 is 48.4 Å². The van der Waals surface area contributed by atoms with Gasteiger partial charge in [-0.25, -0.2) is 23.2 Å². The van der Waals surface area contributed by atoms with Crippen LogP contribution in [-0.4, -0.2) is 69.6 Å². The van der Waals surface area contributed by atoms with Gasteiger partial charge >= 0.3 is 31.3 Å². The van der Waals surface area contributed by atoms with E-state index < -0.39 is 61.9 Å². The molecule has 0 amide bonds. The Morgan fingerprint density at radius 2 is 1.60 bits per heavy atom. The fraction of sp³-hybridized carbons (Fsp3) is 0.706. The van der Waals surface area contributed by atoms with Crippen molar-refractivity contribution in [3.8, 4) is 0 Å². The molecule has 240 valence electrons. The number of imidazole rings is 1. The van der Waals surface area contributed by atoms with E-state index in [1.54, 1.807) is 0 Å². The van der Waals surface area contributed by atoms with Crippen LogP contribution in [0.3, 0.4) is 0 Å². The van der Waals surface area contributed by atoms with Gasteiger partial charge in [0.05, 0.1) is 25.6 Å². The highest BCUT2D eigenvalue weighted by Crippen LogP contribution is 2.71. The molecule has 1 aliphatic heterocycles. The van der Waals surface area contributed by atoms with Gasteiger partial charge in [0, 0.05) is 6.42 Å². The number of nitrogens with one attached hydrogen (secondary N) is 1. The van der Waals surface area contributed by atoms with Crippen LogP contribution >= 0.6 is 31.3 Å². The van der Waals surface area contributed by atoms with Crippen molar-refractivity contribution in [1.82, 2.24) is 19.5 Å². The standard InChI is InChI=1S/C17H31N5O16P4/c1-2-3-4-5-6-7-33-39(25,26)36-41(29,30)38-42(31,32)37-40(27,28)34-9-12-11(23)8-13(35-12)22-10-19-14-15(22)20-17(18)21-16(14)24/h10-13,23H,2-9H2,1H3,(H,25,26)(H,27,28)(H,29,30)(H,31,32)(H3,18,20,21,24)/t11?,12-,13-/m1/s1. The molecule has 3 heterocycles. The van der Waals surface area contributed by atoms with E-state index >= 15 is 0 Å². The van der Waals surface area contributed by atoms with Gasteiger partial charge in [0.1, 0.15) is 12.3 Å². The lowest BCUT2D eigenvalue weighted by Crippen LogP contribution is -2.26. The van der Waals surface area contributed by atoms with Gasteiger partial charge in [-0.3, -0.25) is 23.4 Å². The van der Waals surface area contributed by atoms with Crippen molar-refractivity contribution in [3.63, 3.8) is 0 Å². The average molecular weight is 685 g/mol. The van der Waals surface area contributed by atoms with Crippen LogP contribution in [0.25, 0.3) is 11.2 Å². The molecular formula is C17H31N5O16P4. The van der Waals surface area contributed by atoms with Gasteiger partial charge in [-0.2, -0.15) is 17.9 Å². The van der Waals surface area contributed by atoms with Gasteiger partial charge in [0.25, 0.3) is 5.56 Å². The van der Waals surface area contributed by atoms with Gasteiger partial charge in [-0.1, -0.05) is 32.6 Å². The number of ether oxygens (including phenoxy) is 1. The molecule has 0 spiro atoms. The van der Waals surface area contributed by atoms with Crippen molar-refractivity contribution in [2.45, 2.75) is 63.9 Å². The highest BCUT2D eigenvalue weighted by molar-refractivity contribution is 7.69. The van der Waals surface area contributed by atoms with Crippen molar-refractivity contribution in [3.05, 3.63) is 16.7 Å². The minimum absolute atomic E-state index is 0.0185. The number of aliphatic hydroxyl groups excluding tert-OH is 1. The normalized spacial score (nSPS) is 25.0. The number of fused-ring (bicyclic) bond motifs is 1. The van der Waals surface area contributed by atoms with E-state index in [-0.39, 0.29) is 30.1 Å². The number of nitrogens with zero attached hydrogens (tertiary/aromatic N) is 3. The van der Waals surface area contributed by atoms with Crippen LogP contribution in [0.2, 0.25) is 0 Å². The molecule has 0 aromatic carbocycles. The van der Waals surface area contributed by atoms with E-state index in [4.69, 9.17) is 10.5 Å². The topological polar surface area (TPSA) is 314 Å². The molecule has 0 radical (unpaired) electrons. The van der Waals surface area contributed by atoms with E-state index in [2.05, 4.69) is 36.9 Å². The molecule has 2 aromatic rings. The summed E-state index contributed by atoms with van der Waals surface area (Å²) in [4.78, 5) is 60.7. The zero-order chi connectivity index (χ0) is 31.3. The first-order valence-electron chi connectivity index (χ1n) is 12.2. The van der Waals surface area contributed by atoms with Crippen molar-refractivity contribution in [2.24, 2.45) is 0 Å². The first-order valence-corrected chi connectivity index (χ1v) is 18.2. The Morgan fingerprint density at radius 3 is 2.24 bits per heavy atom. The highest BCUT2D eigenvalue weighted by atomic mass is 31.3. The second kappa shape index (κ2) is 14.2. The summed E-state index contributed by atoms with van der Waals surface area (Å²) >= 11 is 0. The third-order valence-electron chi connectivity index (χ3n) is 5.49. The molecule has 1 aliphatic rings. The summed E-state index contributed by atoms with van der Waals surface area (Å²) in [5, 5.41) is 10.3. The molecular weight excluding hydrogens is 654 g/mol. The Hall–Kier alpha value is -1.37. The van der Waals surface area contributed by atoms with Gasteiger partial charge in [0.2, 0.25) is 5.95 Å². The summed E-state index contributed by atoms with van der Waals surface area (Å²) in [5.74, 6) is -0.216. The van der Waals surface area contributed by atoms with E-state index in [9.17, 15) is 47.7 Å². The number of anilines is 1. The molecule has 0 saturated carbocycles. The number of aromatic nitrogens is 4. The van der Waals surface area contributed by atoms with Crippen LogP contribution in [0.15, 0.2) is 11.1 Å². The number of aliphatic hydroxyl groups is 1. The second-order valence-corrected chi connectivity index (χ2v) is 15.1. The Kier molecular flexibility index (Phi) is 11.8. The molecule has 21 nitrogen and oxygen atoms in total. The number of nitrogen functional groups attached to an aromatic ring is 1. The molecule has 0 aliphatic carbocycles. The summed E-state index contributed by atoms with van der Waals surface area (Å²) in [6, 6.07) is 0. The monoisotopic (exact) mass is 685 g/mol. The number of nitrogens with two attached hydrogens (primary N) is 1. The molecule has 0 bridgehead atoms. The van der Waals surface area contributed by atoms with Crippen LogP contribution in [-0.2, 0) is 45.0 Å². The Bertz CT molecular complexity index is 1480. The zero-order valence-corrected chi connectivity index (χ0v) is 25.5. The molecule has 8 N–H and O–H groups in total. The molecule has 3 rings (SSSR count). The van der Waals surface area contributed by atoms with Gasteiger partial charge in [-0.15, -0.1) is 0 Å². The number of phosphoric ester groups is 2. The van der Waals surface area contributed by atoms with E-state index in [1.807, 2.05) is 6.92 Å². The fourth-order valence-corrected chi connectivity index (χ4v) is 8.69. The summed E-state index contributed by atoms with van der Waals surface area (Å²) in [7, 11) is -22.7. The molecule has 1 fully saturated rings. The number of H-pyrrole nitrogens is 1.